The fourth-order valence-electron chi connectivity index (χ4n) is 6.26. The standard InChI is InChI=1S/C26H41BrN2O5S/c1-5-12-17(4)28(13-6-2)24(32)22-26-16-18(27)21(35-26)19(25(33)34-7-3)20(26)23(31)29(22)14-10-8-9-11-15-30/h6,17-22,30H,2,5,7-16H2,1,3-4H3/t17?,18?,19-,20-,21-,22?,26?/m0/s1. The molecule has 1 spiro atoms. The zero-order valence-electron chi connectivity index (χ0n) is 21.3. The van der Waals surface area contributed by atoms with E-state index in [1.165, 1.54) is 0 Å². The lowest BCUT2D eigenvalue weighted by Crippen LogP contribution is -2.57. The Morgan fingerprint density at radius 3 is 2.69 bits per heavy atom. The number of nitrogens with zero attached hydrogens (tertiary/aromatic N) is 2. The number of aliphatic hydroxyl groups is 1. The number of thioether (sulfide) groups is 1. The van der Waals surface area contributed by atoms with Gasteiger partial charge in [0.05, 0.1) is 23.2 Å². The van der Waals surface area contributed by atoms with Crippen LogP contribution in [-0.2, 0) is 19.1 Å². The van der Waals surface area contributed by atoms with E-state index in [1.807, 2.05) is 4.90 Å². The van der Waals surface area contributed by atoms with Crippen molar-refractivity contribution in [2.24, 2.45) is 11.8 Å². The topological polar surface area (TPSA) is 87.2 Å². The Kier molecular flexibility index (Phi) is 10.1. The van der Waals surface area contributed by atoms with Crippen molar-refractivity contribution in [1.29, 1.82) is 0 Å². The summed E-state index contributed by atoms with van der Waals surface area (Å²) in [6, 6.07) is -0.571. The minimum absolute atomic E-state index is 0.0329. The molecule has 3 heterocycles. The highest BCUT2D eigenvalue weighted by molar-refractivity contribution is 9.09. The highest BCUT2D eigenvalue weighted by Gasteiger charge is 2.76. The zero-order valence-corrected chi connectivity index (χ0v) is 23.7. The number of hydrogen-bond acceptors (Lipinski definition) is 6. The van der Waals surface area contributed by atoms with E-state index >= 15 is 0 Å². The molecule has 0 saturated carbocycles. The van der Waals surface area contributed by atoms with Gasteiger partial charge in [-0.25, -0.2) is 0 Å². The fourth-order valence-corrected chi connectivity index (χ4v) is 9.86. The van der Waals surface area contributed by atoms with Gasteiger partial charge in [-0.05, 0) is 39.5 Å². The third-order valence-corrected chi connectivity index (χ3v) is 11.0. The summed E-state index contributed by atoms with van der Waals surface area (Å²) >= 11 is 5.44. The molecule has 4 unspecified atom stereocenters. The molecule has 3 rings (SSSR count). The molecule has 7 nitrogen and oxygen atoms in total. The van der Waals surface area contributed by atoms with Gasteiger partial charge in [0.2, 0.25) is 11.8 Å². The van der Waals surface area contributed by atoms with Crippen LogP contribution in [-0.4, -0.2) is 85.9 Å². The number of amides is 2. The molecule has 0 aromatic carbocycles. The first-order chi connectivity index (χ1) is 16.8. The second-order valence-corrected chi connectivity index (χ2v) is 12.7. The summed E-state index contributed by atoms with van der Waals surface area (Å²) in [5, 5.41) is 9.02. The number of carbonyl (C=O) groups is 3. The minimum atomic E-state index is -0.638. The maximum atomic E-state index is 14.3. The highest BCUT2D eigenvalue weighted by atomic mass is 79.9. The average Bonchev–Trinajstić information content (AvgIpc) is 3.41. The van der Waals surface area contributed by atoms with Crippen LogP contribution in [0.4, 0.5) is 0 Å². The summed E-state index contributed by atoms with van der Waals surface area (Å²) in [6.07, 6.45) is 7.52. The van der Waals surface area contributed by atoms with E-state index in [4.69, 9.17) is 9.84 Å². The van der Waals surface area contributed by atoms with Crippen LogP contribution in [0.3, 0.4) is 0 Å². The fraction of sp³-hybridized carbons (Fsp3) is 0.808. The summed E-state index contributed by atoms with van der Waals surface area (Å²) < 4.78 is 4.78. The first kappa shape index (κ1) is 28.5. The van der Waals surface area contributed by atoms with Gasteiger partial charge in [-0.15, -0.1) is 18.3 Å². The molecule has 9 heteroatoms. The van der Waals surface area contributed by atoms with Gasteiger partial charge in [-0.2, -0.15) is 0 Å². The number of rotatable bonds is 14. The quantitative estimate of drug-likeness (QED) is 0.147. The van der Waals surface area contributed by atoms with Gasteiger partial charge in [0.15, 0.2) is 0 Å². The summed E-state index contributed by atoms with van der Waals surface area (Å²) in [5.41, 5.74) is 0. The Balaban J connectivity index is 1.98. The number of esters is 1. The van der Waals surface area contributed by atoms with Crippen molar-refractivity contribution in [1.82, 2.24) is 9.80 Å². The average molecular weight is 574 g/mol. The first-order valence-corrected chi connectivity index (χ1v) is 14.9. The summed E-state index contributed by atoms with van der Waals surface area (Å²) in [4.78, 5) is 45.0. The summed E-state index contributed by atoms with van der Waals surface area (Å²) in [7, 11) is 0. The van der Waals surface area contributed by atoms with Crippen molar-refractivity contribution in [2.45, 2.75) is 92.6 Å². The highest BCUT2D eigenvalue weighted by Crippen LogP contribution is 2.68. The molecular weight excluding hydrogens is 532 g/mol. The van der Waals surface area contributed by atoms with Crippen molar-refractivity contribution in [2.75, 3.05) is 26.3 Å². The number of halogens is 1. The molecule has 7 atom stereocenters. The number of likely N-dealkylation sites (tertiary alicyclic amines) is 1. The van der Waals surface area contributed by atoms with Crippen molar-refractivity contribution in [3.05, 3.63) is 12.7 Å². The van der Waals surface area contributed by atoms with E-state index < -0.39 is 22.6 Å². The number of hydrogen-bond donors (Lipinski definition) is 1. The van der Waals surface area contributed by atoms with Crippen molar-refractivity contribution < 1.29 is 24.2 Å². The van der Waals surface area contributed by atoms with Gasteiger partial charge >= 0.3 is 5.97 Å². The number of aliphatic hydroxyl groups excluding tert-OH is 1. The van der Waals surface area contributed by atoms with Gasteiger partial charge in [0.25, 0.3) is 0 Å². The smallest absolute Gasteiger partial charge is 0.310 e. The van der Waals surface area contributed by atoms with E-state index in [-0.39, 0.29) is 47.1 Å². The molecule has 3 aliphatic heterocycles. The predicted molar refractivity (Wildman–Crippen MR) is 142 cm³/mol. The number of ether oxygens (including phenoxy) is 1. The number of unbranched alkanes of at least 4 members (excludes halogenated alkanes) is 3. The molecule has 2 amide bonds. The first-order valence-electron chi connectivity index (χ1n) is 13.1. The molecular formula is C26H41BrN2O5S. The van der Waals surface area contributed by atoms with E-state index in [9.17, 15) is 14.4 Å². The van der Waals surface area contributed by atoms with Crippen LogP contribution in [0.2, 0.25) is 0 Å². The largest absolute Gasteiger partial charge is 0.466 e. The molecule has 0 aromatic rings. The molecule has 3 saturated heterocycles. The lowest BCUT2D eigenvalue weighted by atomic mass is 9.71. The molecule has 35 heavy (non-hydrogen) atoms. The van der Waals surface area contributed by atoms with Crippen LogP contribution in [0.1, 0.15) is 65.7 Å². The number of fused-ring (bicyclic) bond motifs is 1. The lowest BCUT2D eigenvalue weighted by molar-refractivity contribution is -0.153. The van der Waals surface area contributed by atoms with Gasteiger partial charge in [0.1, 0.15) is 6.04 Å². The molecule has 0 aromatic heterocycles. The Morgan fingerprint density at radius 2 is 2.06 bits per heavy atom. The second kappa shape index (κ2) is 12.5. The Labute approximate surface area is 222 Å². The normalized spacial score (nSPS) is 32.0. The van der Waals surface area contributed by atoms with Crippen LogP contribution in [0, 0.1) is 11.8 Å². The molecule has 198 valence electrons. The van der Waals surface area contributed by atoms with Crippen molar-refractivity contribution >= 4 is 45.5 Å². The molecule has 1 N–H and O–H groups in total. The second-order valence-electron chi connectivity index (χ2n) is 10.0. The van der Waals surface area contributed by atoms with Crippen LogP contribution < -0.4 is 0 Å². The van der Waals surface area contributed by atoms with Gasteiger partial charge < -0.3 is 19.6 Å². The van der Waals surface area contributed by atoms with Gasteiger partial charge in [0, 0.05) is 35.8 Å². The molecule has 0 radical (unpaired) electrons. The van der Waals surface area contributed by atoms with E-state index in [2.05, 4.69) is 36.4 Å². The van der Waals surface area contributed by atoms with Gasteiger partial charge in [-0.1, -0.05) is 48.2 Å². The third-order valence-electron chi connectivity index (χ3n) is 7.74. The van der Waals surface area contributed by atoms with E-state index in [1.54, 1.807) is 29.7 Å². The number of alkyl halides is 1. The van der Waals surface area contributed by atoms with Gasteiger partial charge in [-0.3, -0.25) is 14.4 Å². The SMILES string of the molecule is C=CCN(C(=O)C1N(CCCCCCO)C(=O)[C@@H]2[C@H](C(=O)OCC)[C@H]3SC12CC3Br)C(C)CCC. The molecule has 2 bridgehead atoms. The summed E-state index contributed by atoms with van der Waals surface area (Å²) in [5.74, 6) is -1.52. The van der Waals surface area contributed by atoms with Crippen LogP contribution in [0.5, 0.6) is 0 Å². The Morgan fingerprint density at radius 1 is 1.34 bits per heavy atom. The Bertz CT molecular complexity index is 798. The van der Waals surface area contributed by atoms with Crippen molar-refractivity contribution in [3.8, 4) is 0 Å². The monoisotopic (exact) mass is 572 g/mol. The maximum absolute atomic E-state index is 14.3. The van der Waals surface area contributed by atoms with E-state index in [0.717, 1.165) is 38.5 Å². The minimum Gasteiger partial charge on any atom is -0.466 e. The third kappa shape index (κ3) is 5.33. The lowest BCUT2D eigenvalue weighted by Gasteiger charge is -2.39. The molecule has 3 fully saturated rings. The molecule has 0 aliphatic carbocycles. The van der Waals surface area contributed by atoms with Crippen molar-refractivity contribution in [3.63, 3.8) is 0 Å². The zero-order chi connectivity index (χ0) is 25.8. The maximum Gasteiger partial charge on any atom is 0.310 e. The Hall–Kier alpha value is -1.06. The predicted octanol–water partition coefficient (Wildman–Crippen LogP) is 3.77. The van der Waals surface area contributed by atoms with Crippen LogP contribution in [0.25, 0.3) is 0 Å². The summed E-state index contributed by atoms with van der Waals surface area (Å²) in [6.45, 7) is 11.2. The van der Waals surface area contributed by atoms with Crippen LogP contribution >= 0.6 is 27.7 Å². The van der Waals surface area contributed by atoms with Crippen LogP contribution in [0.15, 0.2) is 12.7 Å². The van der Waals surface area contributed by atoms with E-state index in [0.29, 0.717) is 19.5 Å². The molecule has 3 aliphatic rings. The number of carbonyl (C=O) groups excluding carboxylic acids is 3.